The van der Waals surface area contributed by atoms with Gasteiger partial charge in [-0.25, -0.2) is 4.39 Å². The minimum absolute atomic E-state index is 0.0846. The maximum atomic E-state index is 14.6. The van der Waals surface area contributed by atoms with E-state index in [1.807, 2.05) is 49.4 Å². The number of amides is 1. The van der Waals surface area contributed by atoms with Crippen LogP contribution in [-0.2, 0) is 16.8 Å². The first kappa shape index (κ1) is 27.6. The number of benzene rings is 3. The SMILES string of the molecule is CC(=O)NCCc1ccccc1-c1ccc([C@H]2CNCC[C@]2(O)c2ccc(OC(F)(F)F)c(F)c2)c(C)c1. The summed E-state index contributed by atoms with van der Waals surface area (Å²) >= 11 is 0. The molecule has 5 nitrogen and oxygen atoms in total. The number of carbonyl (C=O) groups excluding carboxylic acids is 1. The number of carbonyl (C=O) groups is 1. The van der Waals surface area contributed by atoms with Gasteiger partial charge in [-0.15, -0.1) is 13.2 Å². The van der Waals surface area contributed by atoms with E-state index >= 15 is 0 Å². The van der Waals surface area contributed by atoms with Crippen LogP contribution in [0.25, 0.3) is 11.1 Å². The van der Waals surface area contributed by atoms with Crippen LogP contribution in [0.3, 0.4) is 0 Å². The summed E-state index contributed by atoms with van der Waals surface area (Å²) in [4.78, 5) is 11.3. The Morgan fingerprint density at radius 2 is 1.92 bits per heavy atom. The topological polar surface area (TPSA) is 70.6 Å². The van der Waals surface area contributed by atoms with Gasteiger partial charge in [-0.2, -0.15) is 0 Å². The van der Waals surface area contributed by atoms with Crippen molar-refractivity contribution >= 4 is 5.91 Å². The van der Waals surface area contributed by atoms with Crippen molar-refractivity contribution in [2.75, 3.05) is 19.6 Å². The molecule has 0 bridgehead atoms. The summed E-state index contributed by atoms with van der Waals surface area (Å²) in [5, 5.41) is 17.9. The molecular weight excluding hydrogens is 500 g/mol. The first-order valence-corrected chi connectivity index (χ1v) is 12.4. The normalized spacial score (nSPS) is 19.7. The summed E-state index contributed by atoms with van der Waals surface area (Å²) in [6, 6.07) is 17.0. The number of rotatable bonds is 7. The number of hydrogen-bond acceptors (Lipinski definition) is 4. The molecule has 1 aliphatic rings. The molecule has 2 atom stereocenters. The lowest BCUT2D eigenvalue weighted by atomic mass is 9.72. The first-order valence-electron chi connectivity index (χ1n) is 12.4. The van der Waals surface area contributed by atoms with Gasteiger partial charge in [0.1, 0.15) is 0 Å². The third kappa shape index (κ3) is 6.16. The minimum Gasteiger partial charge on any atom is -0.403 e. The van der Waals surface area contributed by atoms with E-state index in [-0.39, 0.29) is 17.9 Å². The largest absolute Gasteiger partial charge is 0.573 e. The minimum atomic E-state index is -5.02. The van der Waals surface area contributed by atoms with Gasteiger partial charge in [-0.3, -0.25) is 4.79 Å². The van der Waals surface area contributed by atoms with Crippen molar-refractivity contribution in [2.24, 2.45) is 0 Å². The fraction of sp³-hybridized carbons (Fsp3) is 0.345. The van der Waals surface area contributed by atoms with Crippen LogP contribution in [0.5, 0.6) is 5.75 Å². The average molecular weight is 531 g/mol. The van der Waals surface area contributed by atoms with E-state index in [2.05, 4.69) is 15.4 Å². The lowest BCUT2D eigenvalue weighted by Gasteiger charge is -2.42. The molecule has 3 N–H and O–H groups in total. The number of aryl methyl sites for hydroxylation is 1. The highest BCUT2D eigenvalue weighted by molar-refractivity contribution is 5.73. The van der Waals surface area contributed by atoms with Crippen LogP contribution in [0.4, 0.5) is 17.6 Å². The monoisotopic (exact) mass is 530 g/mol. The highest BCUT2D eigenvalue weighted by atomic mass is 19.4. The Morgan fingerprint density at radius 1 is 1.16 bits per heavy atom. The number of halogens is 4. The van der Waals surface area contributed by atoms with Crippen molar-refractivity contribution in [3.8, 4) is 16.9 Å². The molecule has 3 aromatic rings. The quantitative estimate of drug-likeness (QED) is 0.361. The second-order valence-corrected chi connectivity index (χ2v) is 9.59. The van der Waals surface area contributed by atoms with Crippen molar-refractivity contribution in [3.63, 3.8) is 0 Å². The second-order valence-electron chi connectivity index (χ2n) is 9.59. The van der Waals surface area contributed by atoms with E-state index in [9.17, 15) is 27.5 Å². The van der Waals surface area contributed by atoms with Crippen molar-refractivity contribution in [2.45, 2.75) is 44.6 Å². The van der Waals surface area contributed by atoms with Gasteiger partial charge in [0, 0.05) is 25.9 Å². The maximum Gasteiger partial charge on any atom is 0.573 e. The Bertz CT molecular complexity index is 1310. The third-order valence-electron chi connectivity index (χ3n) is 7.01. The Kier molecular flexibility index (Phi) is 8.08. The Morgan fingerprint density at radius 3 is 2.61 bits per heavy atom. The summed E-state index contributed by atoms with van der Waals surface area (Å²) in [6.07, 6.45) is -4.09. The molecule has 0 unspecified atom stereocenters. The van der Waals surface area contributed by atoms with Crippen LogP contribution >= 0.6 is 0 Å². The molecule has 1 saturated heterocycles. The second kappa shape index (κ2) is 11.1. The van der Waals surface area contributed by atoms with Crippen molar-refractivity contribution in [1.29, 1.82) is 0 Å². The van der Waals surface area contributed by atoms with E-state index in [0.717, 1.165) is 39.9 Å². The van der Waals surface area contributed by atoms with Crippen molar-refractivity contribution in [1.82, 2.24) is 10.6 Å². The summed E-state index contributed by atoms with van der Waals surface area (Å²) in [6.45, 7) is 4.82. The maximum absolute atomic E-state index is 14.6. The molecule has 9 heteroatoms. The van der Waals surface area contributed by atoms with E-state index < -0.39 is 29.4 Å². The van der Waals surface area contributed by atoms with E-state index in [0.29, 0.717) is 26.1 Å². The molecule has 0 spiro atoms. The van der Waals surface area contributed by atoms with E-state index in [1.165, 1.54) is 13.0 Å². The van der Waals surface area contributed by atoms with Crippen LogP contribution < -0.4 is 15.4 Å². The highest BCUT2D eigenvalue weighted by Gasteiger charge is 2.42. The summed E-state index contributed by atoms with van der Waals surface area (Å²) < 4.78 is 56.1. The molecule has 1 heterocycles. The van der Waals surface area contributed by atoms with Gasteiger partial charge >= 0.3 is 6.36 Å². The van der Waals surface area contributed by atoms with Crippen LogP contribution in [0.15, 0.2) is 60.7 Å². The number of nitrogens with one attached hydrogen (secondary N) is 2. The number of ether oxygens (including phenoxy) is 1. The van der Waals surface area contributed by atoms with Gasteiger partial charge in [0.05, 0.1) is 5.60 Å². The number of alkyl halides is 3. The van der Waals surface area contributed by atoms with Gasteiger partial charge in [0.2, 0.25) is 5.91 Å². The molecule has 0 saturated carbocycles. The Balaban J connectivity index is 1.64. The summed E-state index contributed by atoms with van der Waals surface area (Å²) in [7, 11) is 0. The zero-order valence-electron chi connectivity index (χ0n) is 21.2. The van der Waals surface area contributed by atoms with Gasteiger partial charge in [-0.05, 0) is 71.8 Å². The predicted octanol–water partition coefficient (Wildman–Crippen LogP) is 5.34. The van der Waals surface area contributed by atoms with E-state index in [4.69, 9.17) is 0 Å². The Labute approximate surface area is 218 Å². The fourth-order valence-electron chi connectivity index (χ4n) is 5.19. The predicted molar refractivity (Wildman–Crippen MR) is 136 cm³/mol. The molecule has 0 aromatic heterocycles. The lowest BCUT2D eigenvalue weighted by molar-refractivity contribution is -0.275. The molecular formula is C29H30F4N2O3. The number of piperidine rings is 1. The van der Waals surface area contributed by atoms with E-state index in [1.54, 1.807) is 0 Å². The van der Waals surface area contributed by atoms with Gasteiger partial charge in [0.15, 0.2) is 11.6 Å². The smallest absolute Gasteiger partial charge is 0.403 e. The van der Waals surface area contributed by atoms with Crippen molar-refractivity contribution < 1.29 is 32.2 Å². The Hall–Kier alpha value is -3.43. The van der Waals surface area contributed by atoms with Crippen LogP contribution in [0.2, 0.25) is 0 Å². The lowest BCUT2D eigenvalue weighted by Crippen LogP contribution is -2.47. The number of hydrogen-bond donors (Lipinski definition) is 3. The molecule has 4 rings (SSSR count). The molecule has 202 valence electrons. The fourth-order valence-corrected chi connectivity index (χ4v) is 5.19. The van der Waals surface area contributed by atoms with Gasteiger partial charge < -0.3 is 20.5 Å². The van der Waals surface area contributed by atoms with Crippen LogP contribution in [0, 0.1) is 12.7 Å². The summed E-state index contributed by atoms with van der Waals surface area (Å²) in [5.74, 6) is -2.67. The number of aliphatic hydroxyl groups is 1. The molecule has 0 radical (unpaired) electrons. The van der Waals surface area contributed by atoms with Crippen molar-refractivity contribution in [3.05, 3.63) is 88.7 Å². The molecule has 0 aliphatic carbocycles. The third-order valence-corrected chi connectivity index (χ3v) is 7.01. The highest BCUT2D eigenvalue weighted by Crippen LogP contribution is 2.44. The van der Waals surface area contributed by atoms with Gasteiger partial charge in [0.25, 0.3) is 0 Å². The molecule has 1 fully saturated rings. The zero-order valence-corrected chi connectivity index (χ0v) is 21.2. The zero-order chi connectivity index (χ0) is 27.5. The van der Waals surface area contributed by atoms with Crippen LogP contribution in [-0.4, -0.2) is 37.0 Å². The average Bonchev–Trinajstić information content (AvgIpc) is 2.85. The summed E-state index contributed by atoms with van der Waals surface area (Å²) in [5.41, 5.74) is 3.58. The standard InChI is InChI=1S/C29H30F4N2O3/c1-18-15-21(24-6-4-3-5-20(24)11-13-35-19(2)36)7-9-23(18)25-17-34-14-12-28(25,37)22-8-10-27(26(30)16-22)38-29(31,32)33/h3-10,15-16,25,34,37H,11-14,17H2,1-2H3,(H,35,36)/t25-,28+/m1/s1. The molecule has 3 aromatic carbocycles. The molecule has 1 aliphatic heterocycles. The first-order chi connectivity index (χ1) is 18.0. The van der Waals surface area contributed by atoms with Gasteiger partial charge in [-0.1, -0.05) is 48.5 Å². The molecule has 38 heavy (non-hydrogen) atoms. The molecule has 1 amide bonds. The van der Waals surface area contributed by atoms with Crippen LogP contribution in [0.1, 0.15) is 41.5 Å².